The molecule has 0 atom stereocenters. The SMILES string of the molecule is CNCCN(C)CC=C(c1ccccc1)c1ccccc1. The van der Waals surface area contributed by atoms with Crippen molar-refractivity contribution in [2.75, 3.05) is 33.7 Å². The van der Waals surface area contributed by atoms with Gasteiger partial charge >= 0.3 is 0 Å². The van der Waals surface area contributed by atoms with Gasteiger partial charge in [-0.1, -0.05) is 66.7 Å². The summed E-state index contributed by atoms with van der Waals surface area (Å²) in [5, 5.41) is 3.19. The fourth-order valence-electron chi connectivity index (χ4n) is 2.28. The molecule has 1 N–H and O–H groups in total. The van der Waals surface area contributed by atoms with E-state index in [9.17, 15) is 0 Å². The largest absolute Gasteiger partial charge is 0.318 e. The van der Waals surface area contributed by atoms with Gasteiger partial charge in [0, 0.05) is 19.6 Å². The zero-order valence-corrected chi connectivity index (χ0v) is 12.9. The van der Waals surface area contributed by atoms with Crippen LogP contribution in [0.2, 0.25) is 0 Å². The van der Waals surface area contributed by atoms with Crippen molar-refractivity contribution in [1.29, 1.82) is 0 Å². The third-order valence-electron chi connectivity index (χ3n) is 3.52. The maximum Gasteiger partial charge on any atom is 0.0169 e. The zero-order valence-electron chi connectivity index (χ0n) is 12.9. The molecule has 2 nitrogen and oxygen atoms in total. The first-order chi connectivity index (χ1) is 10.3. The van der Waals surface area contributed by atoms with Crippen LogP contribution < -0.4 is 5.32 Å². The Hall–Kier alpha value is -1.90. The predicted molar refractivity (Wildman–Crippen MR) is 91.4 cm³/mol. The average molecular weight is 280 g/mol. The van der Waals surface area contributed by atoms with Crippen LogP contribution in [0, 0.1) is 0 Å². The molecule has 0 aliphatic carbocycles. The van der Waals surface area contributed by atoms with Crippen LogP contribution in [-0.2, 0) is 0 Å². The Morgan fingerprint density at radius 1 is 0.952 bits per heavy atom. The van der Waals surface area contributed by atoms with Gasteiger partial charge in [-0.15, -0.1) is 0 Å². The zero-order chi connectivity index (χ0) is 14.9. The van der Waals surface area contributed by atoms with Gasteiger partial charge in [0.2, 0.25) is 0 Å². The Balaban J connectivity index is 2.21. The van der Waals surface area contributed by atoms with Gasteiger partial charge in [-0.2, -0.15) is 0 Å². The minimum atomic E-state index is 0.945. The molecule has 0 aromatic heterocycles. The molecule has 0 aliphatic heterocycles. The molecule has 2 rings (SSSR count). The van der Waals surface area contributed by atoms with Crippen molar-refractivity contribution in [3.05, 3.63) is 77.9 Å². The number of nitrogens with one attached hydrogen (secondary N) is 1. The lowest BCUT2D eigenvalue weighted by atomic mass is 9.97. The summed E-state index contributed by atoms with van der Waals surface area (Å²) < 4.78 is 0. The van der Waals surface area contributed by atoms with Crippen molar-refractivity contribution in [1.82, 2.24) is 10.2 Å². The Kier molecular flexibility index (Phi) is 6.20. The quantitative estimate of drug-likeness (QED) is 0.837. The summed E-state index contributed by atoms with van der Waals surface area (Å²) in [6.45, 7) is 3.00. The lowest BCUT2D eigenvalue weighted by Gasteiger charge is -2.16. The Bertz CT molecular complexity index is 505. The molecular weight excluding hydrogens is 256 g/mol. The molecule has 110 valence electrons. The van der Waals surface area contributed by atoms with Gasteiger partial charge < -0.3 is 10.2 Å². The van der Waals surface area contributed by atoms with Crippen molar-refractivity contribution in [2.45, 2.75) is 0 Å². The van der Waals surface area contributed by atoms with E-state index < -0.39 is 0 Å². The molecule has 2 aromatic rings. The summed E-state index contributed by atoms with van der Waals surface area (Å²) in [5.41, 5.74) is 3.84. The molecule has 2 aromatic carbocycles. The van der Waals surface area contributed by atoms with Gasteiger partial charge in [0.15, 0.2) is 0 Å². The second-order valence-corrected chi connectivity index (χ2v) is 5.22. The van der Waals surface area contributed by atoms with Crippen molar-refractivity contribution in [2.24, 2.45) is 0 Å². The van der Waals surface area contributed by atoms with Crippen molar-refractivity contribution < 1.29 is 0 Å². The molecule has 0 saturated carbocycles. The molecule has 0 saturated heterocycles. The van der Waals surface area contributed by atoms with Gasteiger partial charge in [-0.3, -0.25) is 0 Å². The third-order valence-corrected chi connectivity index (χ3v) is 3.52. The van der Waals surface area contributed by atoms with Crippen LogP contribution in [0.15, 0.2) is 66.7 Å². The molecular formula is C19H24N2. The van der Waals surface area contributed by atoms with E-state index in [1.807, 2.05) is 7.05 Å². The van der Waals surface area contributed by atoms with Crippen LogP contribution in [0.3, 0.4) is 0 Å². The van der Waals surface area contributed by atoms with E-state index in [-0.39, 0.29) is 0 Å². The molecule has 0 aliphatic rings. The maximum atomic E-state index is 3.19. The van der Waals surface area contributed by atoms with E-state index >= 15 is 0 Å². The number of rotatable bonds is 7. The van der Waals surface area contributed by atoms with Gasteiger partial charge in [0.05, 0.1) is 0 Å². The average Bonchev–Trinajstić information content (AvgIpc) is 2.55. The summed E-state index contributed by atoms with van der Waals surface area (Å²) >= 11 is 0. The molecule has 21 heavy (non-hydrogen) atoms. The number of nitrogens with zero attached hydrogens (tertiary/aromatic N) is 1. The molecule has 0 radical (unpaired) electrons. The maximum absolute atomic E-state index is 3.19. The standard InChI is InChI=1S/C19H24N2/c1-20-14-16-21(2)15-13-19(17-9-5-3-6-10-17)18-11-7-4-8-12-18/h3-13,20H,14-16H2,1-2H3. The van der Waals surface area contributed by atoms with Gasteiger partial charge in [-0.25, -0.2) is 0 Å². The number of benzene rings is 2. The van der Waals surface area contributed by atoms with E-state index in [0.717, 1.165) is 19.6 Å². The molecule has 0 spiro atoms. The van der Waals surface area contributed by atoms with E-state index in [0.29, 0.717) is 0 Å². The topological polar surface area (TPSA) is 15.3 Å². The highest BCUT2D eigenvalue weighted by Gasteiger charge is 2.04. The molecule has 2 heteroatoms. The second-order valence-electron chi connectivity index (χ2n) is 5.22. The smallest absolute Gasteiger partial charge is 0.0169 e. The summed E-state index contributed by atoms with van der Waals surface area (Å²) in [6.07, 6.45) is 2.32. The minimum Gasteiger partial charge on any atom is -0.318 e. The van der Waals surface area contributed by atoms with E-state index in [1.165, 1.54) is 16.7 Å². The van der Waals surface area contributed by atoms with Crippen LogP contribution >= 0.6 is 0 Å². The molecule has 0 fully saturated rings. The lowest BCUT2D eigenvalue weighted by molar-refractivity contribution is 0.371. The van der Waals surface area contributed by atoms with Gasteiger partial charge in [-0.05, 0) is 30.8 Å². The Labute approximate surface area is 128 Å². The second kappa shape index (κ2) is 8.40. The Morgan fingerprint density at radius 2 is 1.48 bits per heavy atom. The van der Waals surface area contributed by atoms with Crippen LogP contribution in [0.5, 0.6) is 0 Å². The first-order valence-corrected chi connectivity index (χ1v) is 7.45. The van der Waals surface area contributed by atoms with E-state index in [1.54, 1.807) is 0 Å². The summed E-state index contributed by atoms with van der Waals surface area (Å²) in [6, 6.07) is 21.2. The monoisotopic (exact) mass is 280 g/mol. The number of hydrogen-bond acceptors (Lipinski definition) is 2. The summed E-state index contributed by atoms with van der Waals surface area (Å²) in [5.74, 6) is 0. The van der Waals surface area contributed by atoms with Gasteiger partial charge in [0.1, 0.15) is 0 Å². The van der Waals surface area contributed by atoms with Crippen molar-refractivity contribution >= 4 is 5.57 Å². The highest BCUT2D eigenvalue weighted by atomic mass is 15.1. The predicted octanol–water partition coefficient (Wildman–Crippen LogP) is 3.27. The van der Waals surface area contributed by atoms with E-state index in [4.69, 9.17) is 0 Å². The van der Waals surface area contributed by atoms with E-state index in [2.05, 4.69) is 84.0 Å². The highest BCUT2D eigenvalue weighted by Crippen LogP contribution is 2.22. The molecule has 0 amide bonds. The van der Waals surface area contributed by atoms with Crippen LogP contribution in [-0.4, -0.2) is 38.6 Å². The van der Waals surface area contributed by atoms with Crippen LogP contribution in [0.25, 0.3) is 5.57 Å². The third kappa shape index (κ3) is 4.85. The van der Waals surface area contributed by atoms with Gasteiger partial charge in [0.25, 0.3) is 0 Å². The molecule has 0 bridgehead atoms. The number of hydrogen-bond donors (Lipinski definition) is 1. The normalized spacial score (nSPS) is 10.6. The van der Waals surface area contributed by atoms with Crippen molar-refractivity contribution in [3.8, 4) is 0 Å². The summed E-state index contributed by atoms with van der Waals surface area (Å²) in [4.78, 5) is 2.32. The first kappa shape index (κ1) is 15.5. The fraction of sp³-hybridized carbons (Fsp3) is 0.263. The fourth-order valence-corrected chi connectivity index (χ4v) is 2.28. The number of likely N-dealkylation sites (N-methyl/N-ethyl adjacent to an activating group) is 2. The van der Waals surface area contributed by atoms with Crippen LogP contribution in [0.4, 0.5) is 0 Å². The highest BCUT2D eigenvalue weighted by molar-refractivity contribution is 5.79. The molecule has 0 unspecified atom stereocenters. The van der Waals surface area contributed by atoms with Crippen molar-refractivity contribution in [3.63, 3.8) is 0 Å². The van der Waals surface area contributed by atoms with Crippen LogP contribution in [0.1, 0.15) is 11.1 Å². The Morgan fingerprint density at radius 3 is 1.95 bits per heavy atom. The first-order valence-electron chi connectivity index (χ1n) is 7.45. The molecule has 0 heterocycles. The minimum absolute atomic E-state index is 0.945. The summed E-state index contributed by atoms with van der Waals surface area (Å²) in [7, 11) is 4.14. The lowest BCUT2D eigenvalue weighted by Crippen LogP contribution is -2.27.